The third-order valence-corrected chi connectivity index (χ3v) is 2.00. The van der Waals surface area contributed by atoms with Gasteiger partial charge in [-0.3, -0.25) is 9.98 Å². The van der Waals surface area contributed by atoms with Gasteiger partial charge in [-0.1, -0.05) is 12.2 Å². The number of aliphatic imine (C=N–C) groups is 2. The first-order valence-electron chi connectivity index (χ1n) is 4.00. The van der Waals surface area contributed by atoms with E-state index in [9.17, 15) is 0 Å². The number of hydrogen-bond donors (Lipinski definition) is 0. The van der Waals surface area contributed by atoms with Gasteiger partial charge in [-0.25, -0.2) is 0 Å². The second-order valence-electron chi connectivity index (χ2n) is 2.84. The van der Waals surface area contributed by atoms with Crippen LogP contribution in [0, 0.1) is 0 Å². The van der Waals surface area contributed by atoms with E-state index in [2.05, 4.69) is 36.0 Å². The predicted octanol–water partition coefficient (Wildman–Crippen LogP) is 2.03. The summed E-state index contributed by atoms with van der Waals surface area (Å²) in [5, 5.41) is 0. The van der Waals surface area contributed by atoms with Crippen molar-refractivity contribution >= 4 is 11.4 Å². The molecule has 2 nitrogen and oxygen atoms in total. The normalized spacial score (nSPS) is 24.3. The summed E-state index contributed by atoms with van der Waals surface area (Å²) in [6.07, 6.45) is 4.15. The fourth-order valence-electron chi connectivity index (χ4n) is 1.35. The molecule has 1 aliphatic carbocycles. The summed E-state index contributed by atoms with van der Waals surface area (Å²) < 4.78 is 0. The standard InChI is InChI=1S/C10H14N2/c1-7-5-6-8(2)10(12-4)9(7)11-3/h5-6H,1-4H3/b11-9-,12-10-. The van der Waals surface area contributed by atoms with Crippen LogP contribution in [0.5, 0.6) is 0 Å². The SMILES string of the molecule is C/N=C1/C(C)=CC=C(C)/C1=N/C. The monoisotopic (exact) mass is 162 g/mol. The Morgan fingerprint density at radius 1 is 0.833 bits per heavy atom. The zero-order chi connectivity index (χ0) is 9.14. The van der Waals surface area contributed by atoms with Gasteiger partial charge in [0.2, 0.25) is 0 Å². The van der Waals surface area contributed by atoms with Crippen LogP contribution in [-0.2, 0) is 0 Å². The third-order valence-electron chi connectivity index (χ3n) is 2.00. The van der Waals surface area contributed by atoms with Gasteiger partial charge in [-0.15, -0.1) is 0 Å². The van der Waals surface area contributed by atoms with Crippen molar-refractivity contribution in [2.45, 2.75) is 13.8 Å². The molecule has 0 aromatic carbocycles. The Morgan fingerprint density at radius 2 is 1.17 bits per heavy atom. The van der Waals surface area contributed by atoms with Crippen LogP contribution in [-0.4, -0.2) is 25.5 Å². The first-order valence-corrected chi connectivity index (χ1v) is 4.00. The second kappa shape index (κ2) is 3.48. The Balaban J connectivity index is 3.20. The van der Waals surface area contributed by atoms with E-state index >= 15 is 0 Å². The van der Waals surface area contributed by atoms with Gasteiger partial charge in [0.05, 0.1) is 11.4 Å². The van der Waals surface area contributed by atoms with Gasteiger partial charge >= 0.3 is 0 Å². The minimum Gasteiger partial charge on any atom is -0.286 e. The fourth-order valence-corrected chi connectivity index (χ4v) is 1.35. The van der Waals surface area contributed by atoms with Gasteiger partial charge in [-0.05, 0) is 25.0 Å². The second-order valence-corrected chi connectivity index (χ2v) is 2.84. The molecule has 0 bridgehead atoms. The van der Waals surface area contributed by atoms with Gasteiger partial charge in [0.1, 0.15) is 0 Å². The summed E-state index contributed by atoms with van der Waals surface area (Å²) in [6, 6.07) is 0. The van der Waals surface area contributed by atoms with E-state index in [1.165, 1.54) is 11.1 Å². The lowest BCUT2D eigenvalue weighted by atomic mass is 9.96. The molecule has 0 N–H and O–H groups in total. The predicted molar refractivity (Wildman–Crippen MR) is 54.2 cm³/mol. The lowest BCUT2D eigenvalue weighted by molar-refractivity contribution is 1.36. The molecule has 0 aromatic heterocycles. The minimum atomic E-state index is 1.01. The first kappa shape index (κ1) is 8.91. The van der Waals surface area contributed by atoms with E-state index < -0.39 is 0 Å². The molecule has 0 radical (unpaired) electrons. The summed E-state index contributed by atoms with van der Waals surface area (Å²) in [4.78, 5) is 8.42. The zero-order valence-electron chi connectivity index (χ0n) is 8.05. The van der Waals surface area contributed by atoms with Crippen LogP contribution in [0.25, 0.3) is 0 Å². The Hall–Kier alpha value is -1.18. The highest BCUT2D eigenvalue weighted by Gasteiger charge is 2.14. The largest absolute Gasteiger partial charge is 0.286 e. The average Bonchev–Trinajstić information content (AvgIpc) is 2.08. The fraction of sp³-hybridized carbons (Fsp3) is 0.400. The summed E-state index contributed by atoms with van der Waals surface area (Å²) in [5.41, 5.74) is 4.39. The van der Waals surface area contributed by atoms with Crippen LogP contribution in [0.3, 0.4) is 0 Å². The molecule has 64 valence electrons. The molecule has 1 rings (SSSR count). The molecule has 2 heteroatoms. The highest BCUT2D eigenvalue weighted by Crippen LogP contribution is 2.13. The quantitative estimate of drug-likeness (QED) is 0.487. The van der Waals surface area contributed by atoms with E-state index in [0.717, 1.165) is 11.4 Å². The van der Waals surface area contributed by atoms with Crippen LogP contribution in [0.4, 0.5) is 0 Å². The van der Waals surface area contributed by atoms with Crippen molar-refractivity contribution in [3.63, 3.8) is 0 Å². The Bertz CT molecular complexity index is 272. The van der Waals surface area contributed by atoms with E-state index in [1.807, 2.05) is 0 Å². The Kier molecular flexibility index (Phi) is 2.58. The molecule has 0 aliphatic heterocycles. The van der Waals surface area contributed by atoms with Gasteiger partial charge in [0.15, 0.2) is 0 Å². The lowest BCUT2D eigenvalue weighted by Gasteiger charge is -2.13. The molecule has 0 unspecified atom stereocenters. The van der Waals surface area contributed by atoms with Gasteiger partial charge in [0, 0.05) is 14.1 Å². The number of nitrogens with zero attached hydrogens (tertiary/aromatic N) is 2. The minimum absolute atomic E-state index is 1.01. The lowest BCUT2D eigenvalue weighted by Crippen LogP contribution is -2.19. The molecule has 0 heterocycles. The van der Waals surface area contributed by atoms with E-state index in [-0.39, 0.29) is 0 Å². The molecule has 1 aliphatic rings. The molecule has 0 saturated heterocycles. The number of allylic oxidation sites excluding steroid dienone is 4. The molecule has 12 heavy (non-hydrogen) atoms. The highest BCUT2D eigenvalue weighted by molar-refractivity contribution is 6.54. The zero-order valence-corrected chi connectivity index (χ0v) is 8.05. The van der Waals surface area contributed by atoms with Crippen LogP contribution >= 0.6 is 0 Å². The van der Waals surface area contributed by atoms with Crippen molar-refractivity contribution in [1.82, 2.24) is 0 Å². The van der Waals surface area contributed by atoms with E-state index in [0.29, 0.717) is 0 Å². The third kappa shape index (κ3) is 1.37. The first-order chi connectivity index (χ1) is 5.70. The van der Waals surface area contributed by atoms with Crippen LogP contribution in [0.1, 0.15) is 13.8 Å². The van der Waals surface area contributed by atoms with Gasteiger partial charge < -0.3 is 0 Å². The maximum atomic E-state index is 4.21. The Labute approximate surface area is 73.4 Å². The topological polar surface area (TPSA) is 24.7 Å². The van der Waals surface area contributed by atoms with Gasteiger partial charge in [-0.2, -0.15) is 0 Å². The molecular formula is C10H14N2. The summed E-state index contributed by atoms with van der Waals surface area (Å²) in [5.74, 6) is 0. The smallest absolute Gasteiger partial charge is 0.0854 e. The molecular weight excluding hydrogens is 148 g/mol. The van der Waals surface area contributed by atoms with Crippen LogP contribution in [0.2, 0.25) is 0 Å². The molecule has 0 saturated carbocycles. The highest BCUT2D eigenvalue weighted by atomic mass is 14.8. The summed E-state index contributed by atoms with van der Waals surface area (Å²) in [6.45, 7) is 4.10. The summed E-state index contributed by atoms with van der Waals surface area (Å²) >= 11 is 0. The van der Waals surface area contributed by atoms with E-state index in [1.54, 1.807) is 14.1 Å². The van der Waals surface area contributed by atoms with Gasteiger partial charge in [0.25, 0.3) is 0 Å². The molecule has 0 atom stereocenters. The number of rotatable bonds is 0. The molecule has 0 amide bonds. The van der Waals surface area contributed by atoms with Crippen LogP contribution in [0.15, 0.2) is 33.3 Å². The van der Waals surface area contributed by atoms with Crippen molar-refractivity contribution in [3.05, 3.63) is 23.3 Å². The maximum absolute atomic E-state index is 4.21. The van der Waals surface area contributed by atoms with Crippen molar-refractivity contribution in [1.29, 1.82) is 0 Å². The Morgan fingerprint density at radius 3 is 1.42 bits per heavy atom. The maximum Gasteiger partial charge on any atom is 0.0854 e. The molecule has 0 aromatic rings. The average molecular weight is 162 g/mol. The molecule has 0 fully saturated rings. The molecule has 0 spiro atoms. The van der Waals surface area contributed by atoms with Crippen molar-refractivity contribution < 1.29 is 0 Å². The van der Waals surface area contributed by atoms with E-state index in [4.69, 9.17) is 0 Å². The van der Waals surface area contributed by atoms with Crippen molar-refractivity contribution in [3.8, 4) is 0 Å². The summed E-state index contributed by atoms with van der Waals surface area (Å²) in [7, 11) is 3.60. The van der Waals surface area contributed by atoms with Crippen LogP contribution < -0.4 is 0 Å². The van der Waals surface area contributed by atoms with Crippen molar-refractivity contribution in [2.24, 2.45) is 9.98 Å². The van der Waals surface area contributed by atoms with Crippen molar-refractivity contribution in [2.75, 3.05) is 14.1 Å². The number of hydrogen-bond acceptors (Lipinski definition) is 2.